The summed E-state index contributed by atoms with van der Waals surface area (Å²) in [6.45, 7) is -0.00532. The van der Waals surface area contributed by atoms with E-state index in [-0.39, 0.29) is 28.4 Å². The largest absolute Gasteiger partial charge is 0.868 e. The molecule has 0 aliphatic carbocycles. The van der Waals surface area contributed by atoms with Crippen molar-refractivity contribution in [3.63, 3.8) is 0 Å². The molecule has 0 spiro atoms. The van der Waals surface area contributed by atoms with E-state index in [0.717, 1.165) is 0 Å². The normalized spacial score (nSPS) is 11.7. The molecule has 1 heterocycles. The van der Waals surface area contributed by atoms with Gasteiger partial charge in [0, 0.05) is 22.3 Å². The fourth-order valence-corrected chi connectivity index (χ4v) is 4.50. The lowest BCUT2D eigenvalue weighted by atomic mass is 10.2. The van der Waals surface area contributed by atoms with Gasteiger partial charge in [-0.2, -0.15) is 0 Å². The molecule has 0 aliphatic rings. The smallest absolute Gasteiger partial charge is 0.391 e. The molecule has 9 nitrogen and oxygen atoms in total. The molecule has 10 heteroatoms. The minimum absolute atomic E-state index is 0.00532. The van der Waals surface area contributed by atoms with E-state index in [4.69, 9.17) is 28.1 Å². The molecule has 0 N–H and O–H groups in total. The highest BCUT2D eigenvalue weighted by Crippen LogP contribution is 2.38. The van der Waals surface area contributed by atoms with Crippen molar-refractivity contribution in [2.75, 3.05) is 47.1 Å². The molecule has 1 atom stereocenters. The van der Waals surface area contributed by atoms with Gasteiger partial charge in [0.15, 0.2) is 11.5 Å². The van der Waals surface area contributed by atoms with Crippen LogP contribution in [-0.2, 0) is 15.6 Å². The quantitative estimate of drug-likeness (QED) is 0.261. The highest BCUT2D eigenvalue weighted by molar-refractivity contribution is 7.96. The van der Waals surface area contributed by atoms with Gasteiger partial charge >= 0.3 is 11.6 Å². The Kier molecular flexibility index (Phi) is 7.59. The molecule has 0 saturated carbocycles. The Hall–Kier alpha value is -3.53. The van der Waals surface area contributed by atoms with Crippen LogP contribution in [0.1, 0.15) is 10.4 Å². The summed E-state index contributed by atoms with van der Waals surface area (Å²) in [6, 6.07) is 7.65. The number of carbonyl (C=O) groups is 1. The number of rotatable bonds is 9. The number of hydrogen-bond donors (Lipinski definition) is 0. The van der Waals surface area contributed by atoms with Gasteiger partial charge in [0.1, 0.15) is 29.9 Å². The summed E-state index contributed by atoms with van der Waals surface area (Å²) < 4.78 is 31.5. The van der Waals surface area contributed by atoms with Crippen LogP contribution in [0.2, 0.25) is 0 Å². The van der Waals surface area contributed by atoms with E-state index < -0.39 is 28.2 Å². The Morgan fingerprint density at radius 1 is 1.00 bits per heavy atom. The van der Waals surface area contributed by atoms with Crippen LogP contribution in [0.25, 0.3) is 11.0 Å². The summed E-state index contributed by atoms with van der Waals surface area (Å²) >= 11 is 0. The summed E-state index contributed by atoms with van der Waals surface area (Å²) in [5.74, 6) is 0.748. The fourth-order valence-electron chi connectivity index (χ4n) is 3.21. The number of hydrogen-bond acceptors (Lipinski definition) is 9. The van der Waals surface area contributed by atoms with Crippen LogP contribution in [0.3, 0.4) is 0 Å². The fraction of sp³-hybridized carbons (Fsp3) is 0.304. The molecule has 33 heavy (non-hydrogen) atoms. The van der Waals surface area contributed by atoms with Gasteiger partial charge in [-0.3, -0.25) is 0 Å². The minimum atomic E-state index is -0.806. The number of esters is 1. The SMILES string of the molecule is COc1ccc2c([O-])c([S+](C)CCOC(=O)c3cc(OC)c(OC)c(OC)c3)c(=O)oc2c1. The van der Waals surface area contributed by atoms with E-state index >= 15 is 0 Å². The Balaban J connectivity index is 1.74. The molecule has 1 unspecified atom stereocenters. The zero-order chi connectivity index (χ0) is 24.1. The topological polar surface area (TPSA) is 116 Å². The highest BCUT2D eigenvalue weighted by Gasteiger charge is 2.25. The van der Waals surface area contributed by atoms with Gasteiger partial charge in [0.25, 0.3) is 0 Å². The number of fused-ring (bicyclic) bond motifs is 1. The molecule has 1 aromatic heterocycles. The summed E-state index contributed by atoms with van der Waals surface area (Å²) in [5.41, 5.74) is -0.328. The van der Waals surface area contributed by atoms with E-state index in [1.165, 1.54) is 46.6 Å². The van der Waals surface area contributed by atoms with E-state index in [1.54, 1.807) is 18.4 Å². The molecule has 0 bridgehead atoms. The first-order chi connectivity index (χ1) is 15.8. The minimum Gasteiger partial charge on any atom is -0.868 e. The van der Waals surface area contributed by atoms with Crippen LogP contribution in [0.5, 0.6) is 28.7 Å². The van der Waals surface area contributed by atoms with Crippen molar-refractivity contribution < 1.29 is 38.0 Å². The monoisotopic (exact) mass is 476 g/mol. The van der Waals surface area contributed by atoms with Gasteiger partial charge in [-0.25, -0.2) is 9.59 Å². The van der Waals surface area contributed by atoms with Gasteiger partial charge in [-0.15, -0.1) is 0 Å². The maximum absolute atomic E-state index is 12.9. The molecular weight excluding hydrogens is 452 g/mol. The maximum atomic E-state index is 12.9. The first-order valence-corrected chi connectivity index (χ1v) is 11.6. The van der Waals surface area contributed by atoms with E-state index in [0.29, 0.717) is 28.4 Å². The molecule has 3 rings (SSSR count). The Morgan fingerprint density at radius 3 is 2.24 bits per heavy atom. The predicted molar refractivity (Wildman–Crippen MR) is 121 cm³/mol. The lowest BCUT2D eigenvalue weighted by Crippen LogP contribution is -2.22. The van der Waals surface area contributed by atoms with Gasteiger partial charge in [0.05, 0.1) is 34.0 Å². The summed E-state index contributed by atoms with van der Waals surface area (Å²) in [5, 5.41) is 13.2. The van der Waals surface area contributed by atoms with Crippen molar-refractivity contribution in [2.24, 2.45) is 0 Å². The van der Waals surface area contributed by atoms with Crippen molar-refractivity contribution in [3.8, 4) is 28.7 Å². The number of carbonyl (C=O) groups excluding carboxylic acids is 1. The van der Waals surface area contributed by atoms with Crippen LogP contribution in [0.15, 0.2) is 44.4 Å². The molecule has 0 fully saturated rings. The third-order valence-corrected chi connectivity index (χ3v) is 6.73. The van der Waals surface area contributed by atoms with Gasteiger partial charge < -0.3 is 33.2 Å². The van der Waals surface area contributed by atoms with Crippen LogP contribution in [0.4, 0.5) is 0 Å². The van der Waals surface area contributed by atoms with Crippen molar-refractivity contribution in [3.05, 3.63) is 46.3 Å². The van der Waals surface area contributed by atoms with Crippen LogP contribution in [0, 0.1) is 0 Å². The molecule has 176 valence electrons. The van der Waals surface area contributed by atoms with E-state index in [1.807, 2.05) is 0 Å². The summed E-state index contributed by atoms with van der Waals surface area (Å²) in [6.07, 6.45) is 1.73. The molecule has 3 aromatic rings. The summed E-state index contributed by atoms with van der Waals surface area (Å²) in [4.78, 5) is 25.0. The molecule has 0 aliphatic heterocycles. The number of benzene rings is 2. The van der Waals surface area contributed by atoms with Gasteiger partial charge in [-0.05, 0) is 30.0 Å². The van der Waals surface area contributed by atoms with Crippen LogP contribution < -0.4 is 29.7 Å². The first-order valence-electron chi connectivity index (χ1n) is 9.76. The van der Waals surface area contributed by atoms with Gasteiger partial charge in [-0.1, -0.05) is 0 Å². The lowest BCUT2D eigenvalue weighted by molar-refractivity contribution is -0.270. The van der Waals surface area contributed by atoms with E-state index in [2.05, 4.69) is 0 Å². The average Bonchev–Trinajstić information content (AvgIpc) is 2.82. The number of ether oxygens (including phenoxy) is 5. The highest BCUT2D eigenvalue weighted by atomic mass is 32.2. The second-order valence-electron chi connectivity index (χ2n) is 6.80. The second-order valence-corrected chi connectivity index (χ2v) is 8.89. The predicted octanol–water partition coefficient (Wildman–Crippen LogP) is 2.37. The zero-order valence-electron chi connectivity index (χ0n) is 18.9. The van der Waals surface area contributed by atoms with E-state index in [9.17, 15) is 14.7 Å². The summed E-state index contributed by atoms with van der Waals surface area (Å²) in [7, 11) is 5.03. The second kappa shape index (κ2) is 10.4. The Morgan fingerprint density at radius 2 is 1.67 bits per heavy atom. The van der Waals surface area contributed by atoms with Crippen molar-refractivity contribution in [1.29, 1.82) is 0 Å². The van der Waals surface area contributed by atoms with Crippen LogP contribution in [-0.4, -0.2) is 53.0 Å². The molecule has 2 aromatic carbocycles. The zero-order valence-corrected chi connectivity index (χ0v) is 19.7. The van der Waals surface area contributed by atoms with Crippen molar-refractivity contribution in [1.82, 2.24) is 0 Å². The average molecular weight is 477 g/mol. The molecule has 0 radical (unpaired) electrons. The molecular formula is C23H24O9S. The Bertz CT molecular complexity index is 1190. The van der Waals surface area contributed by atoms with Crippen molar-refractivity contribution in [2.45, 2.75) is 4.90 Å². The van der Waals surface area contributed by atoms with Gasteiger partial charge in [0.2, 0.25) is 10.6 Å². The molecule has 0 saturated heterocycles. The lowest BCUT2D eigenvalue weighted by Gasteiger charge is -2.15. The van der Waals surface area contributed by atoms with Crippen LogP contribution >= 0.6 is 0 Å². The molecule has 0 amide bonds. The number of methoxy groups -OCH3 is 4. The maximum Gasteiger partial charge on any atom is 0.391 e. The third-order valence-electron chi connectivity index (χ3n) is 4.90. The third kappa shape index (κ3) is 4.95. The van der Waals surface area contributed by atoms with Crippen molar-refractivity contribution >= 4 is 27.8 Å². The standard InChI is InChI=1S/C23H24O9S/c1-27-14-6-7-15-16(12-14)32-23(26)21(19(15)24)33(5)9-8-31-22(25)13-10-17(28-2)20(30-4)18(11-13)29-3/h6-7,10-12H,8-9H2,1-5H3. The Labute approximate surface area is 193 Å². The first kappa shape index (κ1) is 24.1.